The number of hydrogen-bond donors (Lipinski definition) is 3. The zero-order valence-corrected chi connectivity index (χ0v) is 7.27. The summed E-state index contributed by atoms with van der Waals surface area (Å²) in [7, 11) is 0. The molecule has 0 radical (unpaired) electrons. The molecule has 0 aliphatic carbocycles. The van der Waals surface area contributed by atoms with Crippen molar-refractivity contribution in [2.24, 2.45) is 0 Å². The van der Waals surface area contributed by atoms with Crippen LogP contribution < -0.4 is 11.0 Å². The molecule has 2 rings (SSSR count). The standard InChI is InChI=1S/C8H5N3O4/c12-5-3(8(14)15)1-9-6-4(5)7(13)11-2-10-6/h1-2H,(H,14,15)(H2,9,10,11,12,13). The van der Waals surface area contributed by atoms with Gasteiger partial charge >= 0.3 is 5.97 Å². The molecular weight excluding hydrogens is 202 g/mol. The normalized spacial score (nSPS) is 10.4. The molecule has 2 heterocycles. The maximum absolute atomic E-state index is 11.5. The average Bonchev–Trinajstić information content (AvgIpc) is 2.17. The summed E-state index contributed by atoms with van der Waals surface area (Å²) in [5.74, 6) is -1.39. The minimum atomic E-state index is -1.39. The van der Waals surface area contributed by atoms with Crippen molar-refractivity contribution in [3.8, 4) is 0 Å². The monoisotopic (exact) mass is 207 g/mol. The Balaban J connectivity index is 3.03. The average molecular weight is 207 g/mol. The zero-order chi connectivity index (χ0) is 11.0. The third-order valence-corrected chi connectivity index (χ3v) is 1.91. The molecule has 0 saturated carbocycles. The van der Waals surface area contributed by atoms with Crippen LogP contribution >= 0.6 is 0 Å². The Morgan fingerprint density at radius 3 is 2.73 bits per heavy atom. The van der Waals surface area contributed by atoms with Crippen LogP contribution in [0, 0.1) is 0 Å². The minimum absolute atomic E-state index is 0.0637. The van der Waals surface area contributed by atoms with E-state index in [0.717, 1.165) is 12.5 Å². The second kappa shape index (κ2) is 3.05. The molecule has 0 spiro atoms. The van der Waals surface area contributed by atoms with Crippen LogP contribution in [0.3, 0.4) is 0 Å². The third-order valence-electron chi connectivity index (χ3n) is 1.91. The first-order chi connectivity index (χ1) is 7.11. The van der Waals surface area contributed by atoms with Crippen LogP contribution in [0.15, 0.2) is 22.1 Å². The fourth-order valence-corrected chi connectivity index (χ4v) is 1.22. The van der Waals surface area contributed by atoms with Crippen molar-refractivity contribution >= 4 is 17.0 Å². The molecule has 2 aromatic rings. The number of rotatable bonds is 1. The molecule has 0 unspecified atom stereocenters. The number of pyridine rings is 1. The number of nitrogens with one attached hydrogen (secondary N) is 2. The first-order valence-electron chi connectivity index (χ1n) is 3.93. The van der Waals surface area contributed by atoms with Gasteiger partial charge in [0.05, 0.1) is 6.33 Å². The fraction of sp³-hybridized carbons (Fsp3) is 0. The minimum Gasteiger partial charge on any atom is -0.477 e. The van der Waals surface area contributed by atoms with Crippen LogP contribution in [-0.2, 0) is 0 Å². The van der Waals surface area contributed by atoms with Gasteiger partial charge < -0.3 is 15.1 Å². The summed E-state index contributed by atoms with van der Waals surface area (Å²) >= 11 is 0. The van der Waals surface area contributed by atoms with Crippen molar-refractivity contribution in [3.05, 3.63) is 38.7 Å². The lowest BCUT2D eigenvalue weighted by Crippen LogP contribution is -2.22. The van der Waals surface area contributed by atoms with Crippen molar-refractivity contribution < 1.29 is 9.90 Å². The first kappa shape index (κ1) is 9.13. The highest BCUT2D eigenvalue weighted by Crippen LogP contribution is 1.98. The molecule has 76 valence electrons. The smallest absolute Gasteiger partial charge is 0.341 e. The predicted molar refractivity (Wildman–Crippen MR) is 49.9 cm³/mol. The Morgan fingerprint density at radius 2 is 2.07 bits per heavy atom. The topological polar surface area (TPSA) is 116 Å². The van der Waals surface area contributed by atoms with Crippen LogP contribution in [0.4, 0.5) is 0 Å². The number of aromatic amines is 2. The maximum atomic E-state index is 11.5. The van der Waals surface area contributed by atoms with E-state index in [-0.39, 0.29) is 11.0 Å². The Labute approximate surface area is 81.4 Å². The molecular formula is C8H5N3O4. The summed E-state index contributed by atoms with van der Waals surface area (Å²) in [6.45, 7) is 0. The van der Waals surface area contributed by atoms with Gasteiger partial charge in [0, 0.05) is 6.20 Å². The fourth-order valence-electron chi connectivity index (χ4n) is 1.22. The van der Waals surface area contributed by atoms with E-state index in [9.17, 15) is 14.4 Å². The van der Waals surface area contributed by atoms with E-state index < -0.39 is 22.5 Å². The molecule has 0 aliphatic rings. The van der Waals surface area contributed by atoms with Gasteiger partial charge in [0.15, 0.2) is 0 Å². The number of aromatic carboxylic acids is 1. The number of aromatic nitrogens is 3. The Morgan fingerprint density at radius 1 is 1.33 bits per heavy atom. The lowest BCUT2D eigenvalue weighted by Gasteiger charge is -1.96. The highest BCUT2D eigenvalue weighted by molar-refractivity contribution is 5.91. The van der Waals surface area contributed by atoms with Crippen molar-refractivity contribution in [3.63, 3.8) is 0 Å². The number of carboxylic acids is 1. The summed E-state index contributed by atoms with van der Waals surface area (Å²) in [6, 6.07) is 0. The molecule has 7 nitrogen and oxygen atoms in total. The Hall–Kier alpha value is -2.44. The van der Waals surface area contributed by atoms with Crippen LogP contribution in [0.2, 0.25) is 0 Å². The summed E-state index contributed by atoms with van der Waals surface area (Å²) < 4.78 is 0. The molecule has 0 saturated heterocycles. The number of fused-ring (bicyclic) bond motifs is 1. The lowest BCUT2D eigenvalue weighted by atomic mass is 10.2. The van der Waals surface area contributed by atoms with E-state index in [2.05, 4.69) is 15.0 Å². The van der Waals surface area contributed by atoms with Crippen molar-refractivity contribution in [2.45, 2.75) is 0 Å². The van der Waals surface area contributed by atoms with Gasteiger partial charge in [-0.05, 0) is 0 Å². The van der Waals surface area contributed by atoms with Crippen LogP contribution in [0.5, 0.6) is 0 Å². The number of nitrogens with zero attached hydrogens (tertiary/aromatic N) is 1. The molecule has 0 aromatic carbocycles. The molecule has 3 N–H and O–H groups in total. The Bertz CT molecular complexity index is 655. The molecule has 2 aromatic heterocycles. The van der Waals surface area contributed by atoms with Gasteiger partial charge in [0.1, 0.15) is 16.6 Å². The SMILES string of the molecule is O=C(O)c1c[nH]c2nc[nH]c(=O)c2c1=O. The summed E-state index contributed by atoms with van der Waals surface area (Å²) in [4.78, 5) is 41.8. The largest absolute Gasteiger partial charge is 0.477 e. The van der Waals surface area contributed by atoms with Gasteiger partial charge in [-0.3, -0.25) is 9.59 Å². The predicted octanol–water partition coefficient (Wildman–Crippen LogP) is -0.690. The number of carboxylic acid groups (broad SMARTS) is 1. The van der Waals surface area contributed by atoms with E-state index in [1.54, 1.807) is 0 Å². The van der Waals surface area contributed by atoms with E-state index in [4.69, 9.17) is 5.11 Å². The summed E-state index contributed by atoms with van der Waals surface area (Å²) in [6.07, 6.45) is 2.14. The van der Waals surface area contributed by atoms with Crippen molar-refractivity contribution in [1.82, 2.24) is 15.0 Å². The third kappa shape index (κ3) is 1.30. The second-order valence-electron chi connectivity index (χ2n) is 2.79. The van der Waals surface area contributed by atoms with Crippen LogP contribution in [0.1, 0.15) is 10.4 Å². The lowest BCUT2D eigenvalue weighted by molar-refractivity contribution is 0.0695. The van der Waals surface area contributed by atoms with Gasteiger partial charge in [-0.2, -0.15) is 0 Å². The maximum Gasteiger partial charge on any atom is 0.341 e. The highest BCUT2D eigenvalue weighted by atomic mass is 16.4. The molecule has 0 amide bonds. The molecule has 15 heavy (non-hydrogen) atoms. The molecule has 0 atom stereocenters. The second-order valence-corrected chi connectivity index (χ2v) is 2.79. The molecule has 7 heteroatoms. The number of H-pyrrole nitrogens is 2. The number of hydrogen-bond acceptors (Lipinski definition) is 4. The molecule has 0 bridgehead atoms. The van der Waals surface area contributed by atoms with E-state index in [1.807, 2.05) is 0 Å². The highest BCUT2D eigenvalue weighted by Gasteiger charge is 2.13. The quantitative estimate of drug-likeness (QED) is 0.572. The summed E-state index contributed by atoms with van der Waals surface area (Å²) in [5, 5.41) is 8.38. The van der Waals surface area contributed by atoms with Crippen molar-refractivity contribution in [1.29, 1.82) is 0 Å². The van der Waals surface area contributed by atoms with E-state index in [1.165, 1.54) is 0 Å². The van der Waals surface area contributed by atoms with E-state index in [0.29, 0.717) is 0 Å². The Kier molecular flexibility index (Phi) is 1.86. The molecule has 0 aliphatic heterocycles. The first-order valence-corrected chi connectivity index (χ1v) is 3.93. The van der Waals surface area contributed by atoms with Gasteiger partial charge in [-0.25, -0.2) is 9.78 Å². The van der Waals surface area contributed by atoms with Gasteiger partial charge in [0.2, 0.25) is 5.43 Å². The van der Waals surface area contributed by atoms with Gasteiger partial charge in [-0.15, -0.1) is 0 Å². The van der Waals surface area contributed by atoms with Gasteiger partial charge in [0.25, 0.3) is 5.56 Å². The molecule has 0 fully saturated rings. The summed E-state index contributed by atoms with van der Waals surface area (Å²) in [5.41, 5.74) is -1.93. The number of carbonyl (C=O) groups is 1. The van der Waals surface area contributed by atoms with Crippen LogP contribution in [-0.4, -0.2) is 26.0 Å². The van der Waals surface area contributed by atoms with E-state index >= 15 is 0 Å². The zero-order valence-electron chi connectivity index (χ0n) is 7.27. The van der Waals surface area contributed by atoms with Crippen LogP contribution in [0.25, 0.3) is 11.0 Å². The van der Waals surface area contributed by atoms with Crippen molar-refractivity contribution in [2.75, 3.05) is 0 Å². The van der Waals surface area contributed by atoms with Gasteiger partial charge in [-0.1, -0.05) is 0 Å².